The van der Waals surface area contributed by atoms with Crippen LogP contribution in [0.2, 0.25) is 0 Å². The summed E-state index contributed by atoms with van der Waals surface area (Å²) in [6.45, 7) is 2.23. The van der Waals surface area contributed by atoms with Crippen LogP contribution in [0.5, 0.6) is 5.75 Å². The van der Waals surface area contributed by atoms with Crippen molar-refractivity contribution in [1.82, 2.24) is 5.32 Å². The van der Waals surface area contributed by atoms with E-state index in [4.69, 9.17) is 0 Å². The second kappa shape index (κ2) is 5.97. The molecule has 3 N–H and O–H groups in total. The number of phenols is 1. The number of phenolic OH excluding ortho intramolecular Hbond substituents is 1. The lowest BCUT2D eigenvalue weighted by atomic mass is 10.1. The Labute approximate surface area is 104 Å². The summed E-state index contributed by atoms with van der Waals surface area (Å²) in [4.78, 5) is 21.5. The Bertz CT molecular complexity index is 462. The first kappa shape index (κ1) is 13.9. The van der Waals surface area contributed by atoms with Crippen molar-refractivity contribution in [2.24, 2.45) is 5.92 Å². The van der Waals surface area contributed by atoms with E-state index in [1.165, 1.54) is 12.1 Å². The molecule has 1 aromatic carbocycles. The molecule has 1 atom stereocenters. The molecule has 0 saturated carbocycles. The zero-order chi connectivity index (χ0) is 13.7. The predicted molar refractivity (Wildman–Crippen MR) is 66.5 cm³/mol. The summed E-state index contributed by atoms with van der Waals surface area (Å²) in [6.07, 6.45) is 0. The van der Waals surface area contributed by atoms with E-state index in [2.05, 4.69) is 10.6 Å². The average molecular weight is 253 g/mol. The van der Waals surface area contributed by atoms with E-state index in [9.17, 15) is 20.0 Å². The predicted octanol–water partition coefficient (Wildman–Crippen LogP) is 1.09. The Kier molecular flexibility index (Phi) is 4.61. The lowest BCUT2D eigenvalue weighted by Crippen LogP contribution is -2.28. The van der Waals surface area contributed by atoms with Crippen LogP contribution in [0.25, 0.3) is 0 Å². The summed E-state index contributed by atoms with van der Waals surface area (Å²) in [5.41, 5.74) is -0.0673. The lowest BCUT2D eigenvalue weighted by molar-refractivity contribution is -0.384. The Morgan fingerprint density at radius 1 is 1.56 bits per heavy atom. The van der Waals surface area contributed by atoms with Crippen LogP contribution in [0, 0.1) is 16.0 Å². The molecule has 0 bridgehead atoms. The number of hydrogen-bond donors (Lipinski definition) is 3. The highest BCUT2D eigenvalue weighted by molar-refractivity contribution is 5.94. The topological polar surface area (TPSA) is 104 Å². The van der Waals surface area contributed by atoms with Crippen molar-refractivity contribution in [3.8, 4) is 5.75 Å². The number of carbonyl (C=O) groups is 1. The van der Waals surface area contributed by atoms with Gasteiger partial charge in [0.1, 0.15) is 5.75 Å². The van der Waals surface area contributed by atoms with Crippen molar-refractivity contribution >= 4 is 17.3 Å². The Hall–Kier alpha value is -2.15. The summed E-state index contributed by atoms with van der Waals surface area (Å²) < 4.78 is 0. The van der Waals surface area contributed by atoms with Gasteiger partial charge in [-0.25, -0.2) is 0 Å². The van der Waals surface area contributed by atoms with E-state index in [0.29, 0.717) is 6.54 Å². The Morgan fingerprint density at radius 2 is 2.22 bits per heavy atom. The molecule has 0 heterocycles. The molecule has 1 amide bonds. The maximum absolute atomic E-state index is 11.7. The van der Waals surface area contributed by atoms with Crippen molar-refractivity contribution in [2.75, 3.05) is 18.9 Å². The molecule has 0 aliphatic rings. The standard InChI is InChI=1S/C11H15N3O4/c1-7(6-12-2)11(16)13-9-4-3-8(14(17)18)5-10(9)15/h3-5,7,12,15H,6H2,1-2H3,(H,13,16). The third-order valence-corrected chi connectivity index (χ3v) is 2.41. The fourth-order valence-electron chi connectivity index (χ4n) is 1.39. The number of anilines is 1. The zero-order valence-corrected chi connectivity index (χ0v) is 10.1. The van der Waals surface area contributed by atoms with Gasteiger partial charge in [-0.05, 0) is 13.1 Å². The monoisotopic (exact) mass is 253 g/mol. The van der Waals surface area contributed by atoms with Crippen molar-refractivity contribution < 1.29 is 14.8 Å². The van der Waals surface area contributed by atoms with Gasteiger partial charge in [-0.2, -0.15) is 0 Å². The molecule has 7 heteroatoms. The normalized spacial score (nSPS) is 11.9. The van der Waals surface area contributed by atoms with Crippen molar-refractivity contribution in [3.63, 3.8) is 0 Å². The molecule has 0 spiro atoms. The van der Waals surface area contributed by atoms with E-state index in [1.54, 1.807) is 14.0 Å². The van der Waals surface area contributed by atoms with Crippen LogP contribution in [-0.4, -0.2) is 29.5 Å². The van der Waals surface area contributed by atoms with E-state index in [-0.39, 0.29) is 28.9 Å². The van der Waals surface area contributed by atoms with Gasteiger partial charge in [-0.15, -0.1) is 0 Å². The molecule has 7 nitrogen and oxygen atoms in total. The van der Waals surface area contributed by atoms with E-state index in [1.807, 2.05) is 0 Å². The van der Waals surface area contributed by atoms with Gasteiger partial charge in [-0.3, -0.25) is 14.9 Å². The molecule has 0 aliphatic carbocycles. The second-order valence-electron chi connectivity index (χ2n) is 3.91. The average Bonchev–Trinajstić information content (AvgIpc) is 2.31. The summed E-state index contributed by atoms with van der Waals surface area (Å²) in [5, 5.41) is 25.4. The van der Waals surface area contributed by atoms with Gasteiger partial charge >= 0.3 is 0 Å². The molecule has 0 saturated heterocycles. The number of nitrogens with zero attached hydrogens (tertiary/aromatic N) is 1. The number of rotatable bonds is 5. The molecule has 98 valence electrons. The molecule has 0 fully saturated rings. The molecule has 0 aromatic heterocycles. The molecule has 1 rings (SSSR count). The summed E-state index contributed by atoms with van der Waals surface area (Å²) in [7, 11) is 1.73. The number of hydrogen-bond acceptors (Lipinski definition) is 5. The number of nitro groups is 1. The number of nitrogens with one attached hydrogen (secondary N) is 2. The van der Waals surface area contributed by atoms with Crippen LogP contribution in [0.4, 0.5) is 11.4 Å². The van der Waals surface area contributed by atoms with E-state index in [0.717, 1.165) is 6.07 Å². The first-order valence-corrected chi connectivity index (χ1v) is 5.38. The number of benzene rings is 1. The lowest BCUT2D eigenvalue weighted by Gasteiger charge is -2.12. The van der Waals surface area contributed by atoms with Gasteiger partial charge in [-0.1, -0.05) is 6.92 Å². The SMILES string of the molecule is CNCC(C)C(=O)Nc1ccc([N+](=O)[O-])cc1O. The number of non-ortho nitro benzene ring substituents is 1. The highest BCUT2D eigenvalue weighted by atomic mass is 16.6. The number of aromatic hydroxyl groups is 1. The molecule has 0 aliphatic heterocycles. The van der Waals surface area contributed by atoms with Gasteiger partial charge in [0.15, 0.2) is 0 Å². The van der Waals surface area contributed by atoms with Gasteiger partial charge in [0, 0.05) is 18.5 Å². The zero-order valence-electron chi connectivity index (χ0n) is 10.1. The van der Waals surface area contributed by atoms with Crippen LogP contribution in [0.15, 0.2) is 18.2 Å². The van der Waals surface area contributed by atoms with Crippen LogP contribution in [0.1, 0.15) is 6.92 Å². The minimum Gasteiger partial charge on any atom is -0.506 e. The van der Waals surface area contributed by atoms with Gasteiger partial charge in [0.05, 0.1) is 16.7 Å². The molecular weight excluding hydrogens is 238 g/mol. The molecule has 18 heavy (non-hydrogen) atoms. The fourth-order valence-corrected chi connectivity index (χ4v) is 1.39. The minimum absolute atomic E-state index is 0.161. The first-order chi connectivity index (χ1) is 8.45. The van der Waals surface area contributed by atoms with Gasteiger partial charge in [0.25, 0.3) is 5.69 Å². The maximum atomic E-state index is 11.7. The highest BCUT2D eigenvalue weighted by Gasteiger charge is 2.15. The Balaban J connectivity index is 2.79. The van der Waals surface area contributed by atoms with E-state index < -0.39 is 4.92 Å². The van der Waals surface area contributed by atoms with Crippen LogP contribution in [-0.2, 0) is 4.79 Å². The number of nitro benzene ring substituents is 1. The van der Waals surface area contributed by atoms with Crippen LogP contribution < -0.4 is 10.6 Å². The largest absolute Gasteiger partial charge is 0.506 e. The number of amides is 1. The minimum atomic E-state index is -0.616. The molecule has 1 aromatic rings. The van der Waals surface area contributed by atoms with Crippen LogP contribution in [0.3, 0.4) is 0 Å². The van der Waals surface area contributed by atoms with Crippen molar-refractivity contribution in [3.05, 3.63) is 28.3 Å². The highest BCUT2D eigenvalue weighted by Crippen LogP contribution is 2.28. The molecular formula is C11H15N3O4. The van der Waals surface area contributed by atoms with Crippen molar-refractivity contribution in [1.29, 1.82) is 0 Å². The maximum Gasteiger partial charge on any atom is 0.273 e. The van der Waals surface area contributed by atoms with Crippen LogP contribution >= 0.6 is 0 Å². The quantitative estimate of drug-likeness (QED) is 0.414. The van der Waals surface area contributed by atoms with Crippen molar-refractivity contribution in [2.45, 2.75) is 6.92 Å². The fraction of sp³-hybridized carbons (Fsp3) is 0.364. The third-order valence-electron chi connectivity index (χ3n) is 2.41. The summed E-state index contributed by atoms with van der Waals surface area (Å²) in [6, 6.07) is 3.52. The third kappa shape index (κ3) is 3.42. The number of carbonyl (C=O) groups excluding carboxylic acids is 1. The summed E-state index contributed by atoms with van der Waals surface area (Å²) >= 11 is 0. The Morgan fingerprint density at radius 3 is 2.72 bits per heavy atom. The molecule has 0 radical (unpaired) electrons. The second-order valence-corrected chi connectivity index (χ2v) is 3.91. The van der Waals surface area contributed by atoms with E-state index >= 15 is 0 Å². The first-order valence-electron chi connectivity index (χ1n) is 5.38. The smallest absolute Gasteiger partial charge is 0.273 e. The van der Waals surface area contributed by atoms with Gasteiger partial charge in [0.2, 0.25) is 5.91 Å². The van der Waals surface area contributed by atoms with Gasteiger partial charge < -0.3 is 15.7 Å². The summed E-state index contributed by atoms with van der Waals surface area (Å²) in [5.74, 6) is -0.868. The molecule has 1 unspecified atom stereocenters.